The maximum atomic E-state index is 13.5. The first kappa shape index (κ1) is 24.6. The van der Waals surface area contributed by atoms with E-state index in [1.54, 1.807) is 11.0 Å². The molecule has 0 saturated carbocycles. The van der Waals surface area contributed by atoms with E-state index >= 15 is 0 Å². The number of hydrogen-bond acceptors (Lipinski definition) is 5. The number of aromatic nitrogens is 1. The second-order valence-corrected chi connectivity index (χ2v) is 11.9. The summed E-state index contributed by atoms with van der Waals surface area (Å²) in [6.45, 7) is 6.53. The highest BCUT2D eigenvalue weighted by Crippen LogP contribution is 2.57. The van der Waals surface area contributed by atoms with Gasteiger partial charge in [0.05, 0.1) is 23.2 Å². The van der Waals surface area contributed by atoms with Gasteiger partial charge in [0.25, 0.3) is 11.5 Å². The van der Waals surface area contributed by atoms with E-state index in [1.807, 2.05) is 26.8 Å². The fraction of sp³-hybridized carbons (Fsp3) is 0.478. The van der Waals surface area contributed by atoms with Crippen LogP contribution in [0.3, 0.4) is 0 Å². The molecule has 1 saturated heterocycles. The molecule has 3 heterocycles. The highest BCUT2D eigenvalue weighted by atomic mass is 35.5. The number of H-pyrrole nitrogens is 1. The van der Waals surface area contributed by atoms with Gasteiger partial charge in [0.15, 0.2) is 0 Å². The van der Waals surface area contributed by atoms with E-state index in [2.05, 4.69) is 4.98 Å². The lowest BCUT2D eigenvalue weighted by atomic mass is 9.90. The number of fused-ring (bicyclic) bond motifs is 1. The van der Waals surface area contributed by atoms with Crippen molar-refractivity contribution in [3.8, 4) is 0 Å². The first-order valence-electron chi connectivity index (χ1n) is 10.9. The van der Waals surface area contributed by atoms with Crippen molar-refractivity contribution < 1.29 is 18.6 Å². The summed E-state index contributed by atoms with van der Waals surface area (Å²) in [4.78, 5) is 30.4. The molecule has 1 atom stereocenters. The minimum Gasteiger partial charge on any atom is -0.373 e. The van der Waals surface area contributed by atoms with Crippen LogP contribution in [0.1, 0.15) is 51.3 Å². The molecule has 4 rings (SSSR count). The highest BCUT2D eigenvalue weighted by molar-refractivity contribution is 8.25. The number of carbonyl (C=O) groups excluding carboxylic acids is 1. The second kappa shape index (κ2) is 9.24. The Bertz CT molecular complexity index is 1160. The van der Waals surface area contributed by atoms with E-state index in [0.717, 1.165) is 11.3 Å². The number of aromatic amines is 1. The van der Waals surface area contributed by atoms with Crippen molar-refractivity contribution in [2.45, 2.75) is 39.8 Å². The van der Waals surface area contributed by atoms with Crippen LogP contribution < -0.4 is 5.56 Å². The van der Waals surface area contributed by atoms with Crippen LogP contribution in [0.2, 0.25) is 10.0 Å². The van der Waals surface area contributed by atoms with Gasteiger partial charge >= 0.3 is 0 Å². The van der Waals surface area contributed by atoms with Crippen molar-refractivity contribution in [1.82, 2.24) is 9.88 Å². The summed E-state index contributed by atoms with van der Waals surface area (Å²) in [5.74, 6) is 0.0684. The first-order chi connectivity index (χ1) is 15.5. The molecule has 7 nitrogen and oxygen atoms in total. The number of carbonyl (C=O) groups is 1. The predicted molar refractivity (Wildman–Crippen MR) is 132 cm³/mol. The first-order valence-corrected chi connectivity index (χ1v) is 13.5. The zero-order valence-corrected chi connectivity index (χ0v) is 21.1. The number of benzene rings is 1. The van der Waals surface area contributed by atoms with Crippen LogP contribution in [0.5, 0.6) is 0 Å². The van der Waals surface area contributed by atoms with Crippen molar-refractivity contribution >= 4 is 39.7 Å². The quantitative estimate of drug-likeness (QED) is 0.505. The fourth-order valence-corrected chi connectivity index (χ4v) is 7.04. The molecule has 0 aliphatic carbocycles. The summed E-state index contributed by atoms with van der Waals surface area (Å²) < 4.78 is 25.7. The average Bonchev–Trinajstić information content (AvgIpc) is 2.71. The lowest BCUT2D eigenvalue weighted by Crippen LogP contribution is -2.40. The Morgan fingerprint density at radius 2 is 1.94 bits per heavy atom. The van der Waals surface area contributed by atoms with Gasteiger partial charge in [0, 0.05) is 52.4 Å². The summed E-state index contributed by atoms with van der Waals surface area (Å²) in [5, 5.41) is 0.720. The smallest absolute Gasteiger partial charge is 0.256 e. The molecule has 180 valence electrons. The molecule has 1 aromatic heterocycles. The van der Waals surface area contributed by atoms with E-state index in [4.69, 9.17) is 27.9 Å². The summed E-state index contributed by atoms with van der Waals surface area (Å²) in [5.41, 5.74) is 3.55. The molecule has 33 heavy (non-hydrogen) atoms. The molecule has 1 amide bonds. The molecular weight excluding hydrogens is 487 g/mol. The van der Waals surface area contributed by atoms with Crippen LogP contribution in [-0.2, 0) is 17.7 Å². The molecule has 1 fully saturated rings. The van der Waals surface area contributed by atoms with Gasteiger partial charge in [0.2, 0.25) is 0 Å². The largest absolute Gasteiger partial charge is 0.373 e. The van der Waals surface area contributed by atoms with Crippen LogP contribution in [0.4, 0.5) is 0 Å². The van der Waals surface area contributed by atoms with Crippen LogP contribution in [0, 0.1) is 19.8 Å². The van der Waals surface area contributed by atoms with E-state index in [9.17, 15) is 18.7 Å². The standard InChI is InChI=1S/C23H28Cl2N2O5S/c1-4-32-21(14-10-33(30,31)11-14)16-8-18(24)15-5-6-27(23(29)19(15)20(16)25)9-17-12(2)7-13(3)26-22(17)28/h7-8,14,21,30-31H,4-6,9-11H2,1-3H3,(H,26,28). The average molecular weight is 515 g/mol. The monoisotopic (exact) mass is 514 g/mol. The van der Waals surface area contributed by atoms with Crippen molar-refractivity contribution in [3.05, 3.63) is 66.0 Å². The molecule has 1 unspecified atom stereocenters. The highest BCUT2D eigenvalue weighted by Gasteiger charge is 2.42. The molecule has 0 radical (unpaired) electrons. The Morgan fingerprint density at radius 3 is 2.55 bits per heavy atom. The van der Waals surface area contributed by atoms with Gasteiger partial charge in [-0.05, 0) is 50.5 Å². The van der Waals surface area contributed by atoms with Crippen LogP contribution in [-0.4, -0.2) is 49.6 Å². The predicted octanol–water partition coefficient (Wildman–Crippen LogP) is 4.96. The number of halogens is 2. The summed E-state index contributed by atoms with van der Waals surface area (Å²) in [6.07, 6.45) is 0.0296. The number of hydrogen-bond donors (Lipinski definition) is 3. The molecule has 2 aliphatic rings. The number of nitrogens with zero attached hydrogens (tertiary/aromatic N) is 1. The SMILES string of the molecule is CCOC(c1cc(Cl)c2c(c1Cl)C(=O)N(Cc1c(C)cc(C)[nH]c1=O)CC2)C1CS(O)(O)C1. The normalized spacial score (nSPS) is 19.7. The van der Waals surface area contributed by atoms with E-state index in [-0.39, 0.29) is 40.5 Å². The van der Waals surface area contributed by atoms with Crippen LogP contribution in [0.15, 0.2) is 16.9 Å². The Morgan fingerprint density at radius 1 is 1.24 bits per heavy atom. The molecule has 10 heteroatoms. The Hall–Kier alpha value is -1.55. The van der Waals surface area contributed by atoms with Gasteiger partial charge in [-0.15, -0.1) is 0 Å². The van der Waals surface area contributed by atoms with Gasteiger partial charge in [-0.2, -0.15) is 10.6 Å². The number of rotatable bonds is 6. The third-order valence-corrected chi connectivity index (χ3v) is 9.03. The third-order valence-electron chi connectivity index (χ3n) is 6.36. The van der Waals surface area contributed by atoms with Gasteiger partial charge < -0.3 is 14.6 Å². The van der Waals surface area contributed by atoms with Gasteiger partial charge in [-0.1, -0.05) is 23.2 Å². The van der Waals surface area contributed by atoms with Crippen LogP contribution >= 0.6 is 33.8 Å². The molecule has 3 N–H and O–H groups in total. The zero-order chi connectivity index (χ0) is 24.1. The lowest BCUT2D eigenvalue weighted by molar-refractivity contribution is 0.0251. The van der Waals surface area contributed by atoms with Crippen molar-refractivity contribution in [2.75, 3.05) is 24.7 Å². The molecule has 2 aromatic rings. The number of nitrogens with one attached hydrogen (secondary N) is 1. The van der Waals surface area contributed by atoms with Gasteiger partial charge in [-0.3, -0.25) is 18.7 Å². The van der Waals surface area contributed by atoms with E-state index in [1.165, 1.54) is 0 Å². The number of amides is 1. The van der Waals surface area contributed by atoms with E-state index < -0.39 is 16.7 Å². The van der Waals surface area contributed by atoms with Crippen molar-refractivity contribution in [3.63, 3.8) is 0 Å². The van der Waals surface area contributed by atoms with Crippen molar-refractivity contribution in [2.24, 2.45) is 5.92 Å². The van der Waals surface area contributed by atoms with Gasteiger partial charge in [-0.25, -0.2) is 0 Å². The van der Waals surface area contributed by atoms with Crippen LogP contribution in [0.25, 0.3) is 0 Å². The zero-order valence-electron chi connectivity index (χ0n) is 18.8. The Balaban J connectivity index is 1.70. The molecular formula is C23H28Cl2N2O5S. The minimum absolute atomic E-state index is 0.120. The molecule has 0 spiro atoms. The topological polar surface area (TPSA) is 103 Å². The minimum atomic E-state index is -2.57. The molecule has 2 aliphatic heterocycles. The fourth-order valence-electron chi connectivity index (χ4n) is 4.75. The van der Waals surface area contributed by atoms with Crippen molar-refractivity contribution in [1.29, 1.82) is 0 Å². The maximum absolute atomic E-state index is 13.5. The lowest BCUT2D eigenvalue weighted by Gasteiger charge is -2.50. The Labute approximate surface area is 204 Å². The molecule has 0 bridgehead atoms. The number of aryl methyl sites for hydroxylation is 2. The van der Waals surface area contributed by atoms with Gasteiger partial charge in [0.1, 0.15) is 0 Å². The number of ether oxygens (including phenoxy) is 1. The summed E-state index contributed by atoms with van der Waals surface area (Å²) in [6, 6.07) is 3.63. The third kappa shape index (κ3) is 4.70. The Kier molecular flexibility index (Phi) is 6.88. The molecule has 1 aromatic carbocycles. The maximum Gasteiger partial charge on any atom is 0.256 e. The number of pyridine rings is 1. The second-order valence-electron chi connectivity index (χ2n) is 8.81. The summed E-state index contributed by atoms with van der Waals surface area (Å²) >= 11 is 13.4. The van der Waals surface area contributed by atoms with E-state index in [0.29, 0.717) is 46.8 Å². The summed E-state index contributed by atoms with van der Waals surface area (Å²) in [7, 11) is -2.57.